The predicted molar refractivity (Wildman–Crippen MR) is 91.0 cm³/mol. The van der Waals surface area contributed by atoms with Crippen molar-refractivity contribution in [2.24, 2.45) is 5.92 Å². The number of ether oxygens (including phenoxy) is 1. The molecular weight excluding hydrogens is 316 g/mol. The lowest BCUT2D eigenvalue weighted by molar-refractivity contribution is 0.262. The molecule has 2 fully saturated rings. The minimum absolute atomic E-state index is 0.00108. The van der Waals surface area contributed by atoms with Gasteiger partial charge in [0, 0.05) is 32.1 Å². The largest absolute Gasteiger partial charge is 0.496 e. The third-order valence-electron chi connectivity index (χ3n) is 5.70. The van der Waals surface area contributed by atoms with E-state index >= 15 is 0 Å². The number of fused-ring (bicyclic) bond motifs is 1. The van der Waals surface area contributed by atoms with Gasteiger partial charge in [-0.2, -0.15) is 5.26 Å². The normalized spacial score (nSPS) is 25.7. The van der Waals surface area contributed by atoms with Crippen LogP contribution in [-0.4, -0.2) is 35.3 Å². The van der Waals surface area contributed by atoms with Crippen LogP contribution in [0.3, 0.4) is 0 Å². The van der Waals surface area contributed by atoms with Crippen molar-refractivity contribution in [2.75, 3.05) is 20.2 Å². The maximum Gasteiger partial charge on any atom is 0.224 e. The van der Waals surface area contributed by atoms with E-state index in [2.05, 4.69) is 21.2 Å². The van der Waals surface area contributed by atoms with Gasteiger partial charge >= 0.3 is 0 Å². The number of rotatable bonds is 4. The van der Waals surface area contributed by atoms with Gasteiger partial charge in [-0.05, 0) is 30.9 Å². The van der Waals surface area contributed by atoms with Gasteiger partial charge in [-0.25, -0.2) is 0 Å². The average Bonchev–Trinajstić information content (AvgIpc) is 3.29. The fourth-order valence-corrected chi connectivity index (χ4v) is 4.55. The summed E-state index contributed by atoms with van der Waals surface area (Å²) in [5.41, 5.74) is 1.73. The van der Waals surface area contributed by atoms with Crippen molar-refractivity contribution in [1.29, 1.82) is 5.26 Å². The van der Waals surface area contributed by atoms with E-state index in [9.17, 15) is 0 Å². The molecule has 2 heterocycles. The van der Waals surface area contributed by atoms with Gasteiger partial charge in [-0.1, -0.05) is 12.5 Å². The van der Waals surface area contributed by atoms with E-state index in [0.717, 1.165) is 43.3 Å². The Morgan fingerprint density at radius 2 is 2.32 bits per heavy atom. The molecule has 2 atom stereocenters. The monoisotopic (exact) mass is 338 g/mol. The zero-order valence-corrected chi connectivity index (χ0v) is 14.7. The van der Waals surface area contributed by atoms with E-state index in [4.69, 9.17) is 14.4 Å². The van der Waals surface area contributed by atoms with E-state index < -0.39 is 0 Å². The molecule has 6 nitrogen and oxygen atoms in total. The van der Waals surface area contributed by atoms with Crippen LogP contribution in [0.25, 0.3) is 0 Å². The molecule has 1 saturated heterocycles. The van der Waals surface area contributed by atoms with Crippen molar-refractivity contribution in [1.82, 2.24) is 15.1 Å². The van der Waals surface area contributed by atoms with E-state index in [-0.39, 0.29) is 5.41 Å². The van der Waals surface area contributed by atoms with Gasteiger partial charge in [0.2, 0.25) is 11.8 Å². The molecule has 2 aliphatic rings. The third-order valence-corrected chi connectivity index (χ3v) is 5.70. The lowest BCUT2D eigenvalue weighted by Gasteiger charge is -2.25. The van der Waals surface area contributed by atoms with Crippen LogP contribution in [-0.2, 0) is 12.0 Å². The first kappa shape index (κ1) is 16.1. The summed E-state index contributed by atoms with van der Waals surface area (Å²) in [6.45, 7) is 4.62. The van der Waals surface area contributed by atoms with E-state index in [1.807, 2.05) is 25.1 Å². The van der Waals surface area contributed by atoms with Gasteiger partial charge in [0.15, 0.2) is 0 Å². The van der Waals surface area contributed by atoms with Crippen molar-refractivity contribution >= 4 is 0 Å². The van der Waals surface area contributed by atoms with Crippen LogP contribution in [0, 0.1) is 24.2 Å². The highest BCUT2D eigenvalue weighted by Crippen LogP contribution is 2.50. The SMILES string of the molecule is COc1cc(C#N)ccc1CN1C[C@@H]2CCC[C@]2(c2nnc(C)o2)C1. The molecule has 1 aliphatic carbocycles. The fraction of sp³-hybridized carbons (Fsp3) is 0.526. The summed E-state index contributed by atoms with van der Waals surface area (Å²) in [6, 6.07) is 7.82. The Balaban J connectivity index is 1.57. The van der Waals surface area contributed by atoms with Gasteiger partial charge in [-0.15, -0.1) is 10.2 Å². The molecule has 1 aromatic carbocycles. The average molecular weight is 338 g/mol. The van der Waals surface area contributed by atoms with Crippen LogP contribution < -0.4 is 4.74 Å². The van der Waals surface area contributed by atoms with Gasteiger partial charge in [0.1, 0.15) is 5.75 Å². The molecule has 0 N–H and O–H groups in total. The van der Waals surface area contributed by atoms with Crippen LogP contribution in [0.5, 0.6) is 5.75 Å². The topological polar surface area (TPSA) is 75.2 Å². The third kappa shape index (κ3) is 2.69. The summed E-state index contributed by atoms with van der Waals surface area (Å²) < 4.78 is 11.3. The minimum Gasteiger partial charge on any atom is -0.496 e. The number of nitriles is 1. The number of methoxy groups -OCH3 is 1. The van der Waals surface area contributed by atoms with Gasteiger partial charge < -0.3 is 9.15 Å². The number of likely N-dealkylation sites (tertiary alicyclic amines) is 1. The number of hydrogen-bond donors (Lipinski definition) is 0. The van der Waals surface area contributed by atoms with Crippen molar-refractivity contribution in [3.05, 3.63) is 41.1 Å². The molecule has 0 radical (unpaired) electrons. The molecule has 6 heteroatoms. The highest BCUT2D eigenvalue weighted by atomic mass is 16.5. The van der Waals surface area contributed by atoms with Crippen molar-refractivity contribution < 1.29 is 9.15 Å². The second-order valence-electron chi connectivity index (χ2n) is 7.18. The minimum atomic E-state index is 0.00108. The molecule has 0 spiro atoms. The van der Waals surface area contributed by atoms with E-state index in [1.165, 1.54) is 12.8 Å². The molecule has 1 aromatic heterocycles. The van der Waals surface area contributed by atoms with Crippen LogP contribution >= 0.6 is 0 Å². The summed E-state index contributed by atoms with van der Waals surface area (Å²) in [6.07, 6.45) is 3.54. The van der Waals surface area contributed by atoms with Crippen molar-refractivity contribution in [3.63, 3.8) is 0 Å². The van der Waals surface area contributed by atoms with Gasteiger partial charge in [0.05, 0.1) is 24.2 Å². The quantitative estimate of drug-likeness (QED) is 0.853. The Morgan fingerprint density at radius 1 is 1.44 bits per heavy atom. The number of nitrogens with zero attached hydrogens (tertiary/aromatic N) is 4. The summed E-state index contributed by atoms with van der Waals surface area (Å²) in [7, 11) is 1.65. The Labute approximate surface area is 147 Å². The zero-order chi connectivity index (χ0) is 17.4. The first-order valence-electron chi connectivity index (χ1n) is 8.74. The molecule has 2 aromatic rings. The molecule has 0 amide bonds. The summed E-state index contributed by atoms with van der Waals surface area (Å²) >= 11 is 0. The Morgan fingerprint density at radius 3 is 3.04 bits per heavy atom. The molecule has 25 heavy (non-hydrogen) atoms. The maximum atomic E-state index is 9.06. The highest BCUT2D eigenvalue weighted by molar-refractivity contribution is 5.42. The molecular formula is C19H22N4O2. The molecule has 130 valence electrons. The lowest BCUT2D eigenvalue weighted by Crippen LogP contribution is -2.32. The molecule has 1 aliphatic heterocycles. The Kier molecular flexibility index (Phi) is 3.97. The first-order chi connectivity index (χ1) is 12.1. The number of aryl methyl sites for hydroxylation is 1. The zero-order valence-electron chi connectivity index (χ0n) is 14.7. The summed E-state index contributed by atoms with van der Waals surface area (Å²) in [5.74, 6) is 2.79. The molecule has 4 rings (SSSR count). The van der Waals surface area contributed by atoms with E-state index in [1.54, 1.807) is 7.11 Å². The lowest BCUT2D eigenvalue weighted by atomic mass is 9.80. The first-order valence-corrected chi connectivity index (χ1v) is 8.74. The predicted octanol–water partition coefficient (Wildman–Crippen LogP) is 2.81. The standard InChI is InChI=1S/C19H22N4O2/c1-13-21-22-18(25-13)19-7-3-4-16(19)11-23(12-19)10-15-6-5-14(9-20)8-17(15)24-2/h5-6,8,16H,3-4,7,10-12H2,1-2H3/t16-,19-/m0/s1. The van der Waals surface area contributed by atoms with Crippen molar-refractivity contribution in [2.45, 2.75) is 38.1 Å². The second-order valence-corrected chi connectivity index (χ2v) is 7.18. The number of aromatic nitrogens is 2. The molecule has 0 unspecified atom stereocenters. The fourth-order valence-electron chi connectivity index (χ4n) is 4.55. The Bertz CT molecular complexity index is 825. The van der Waals surface area contributed by atoms with Crippen LogP contribution in [0.15, 0.2) is 22.6 Å². The number of hydrogen-bond acceptors (Lipinski definition) is 6. The van der Waals surface area contributed by atoms with E-state index in [0.29, 0.717) is 17.4 Å². The van der Waals surface area contributed by atoms with Gasteiger partial charge in [0.25, 0.3) is 0 Å². The Hall–Kier alpha value is -2.39. The molecule has 1 saturated carbocycles. The van der Waals surface area contributed by atoms with Crippen molar-refractivity contribution in [3.8, 4) is 11.8 Å². The second kappa shape index (κ2) is 6.16. The van der Waals surface area contributed by atoms with Crippen LogP contribution in [0.1, 0.15) is 42.2 Å². The smallest absolute Gasteiger partial charge is 0.224 e. The highest BCUT2D eigenvalue weighted by Gasteiger charge is 2.53. The molecule has 0 bridgehead atoms. The number of benzene rings is 1. The summed E-state index contributed by atoms with van der Waals surface area (Å²) in [4.78, 5) is 2.45. The summed E-state index contributed by atoms with van der Waals surface area (Å²) in [5, 5.41) is 17.5. The van der Waals surface area contributed by atoms with Gasteiger partial charge in [-0.3, -0.25) is 4.90 Å². The van der Waals surface area contributed by atoms with Crippen LogP contribution in [0.4, 0.5) is 0 Å². The maximum absolute atomic E-state index is 9.06. The van der Waals surface area contributed by atoms with Crippen LogP contribution in [0.2, 0.25) is 0 Å².